The number of nitrogens with one attached hydrogen (secondary N) is 1. The second kappa shape index (κ2) is 7.96. The quantitative estimate of drug-likeness (QED) is 0.672. The molecule has 2 amide bonds. The largest absolute Gasteiger partial charge is 0.480 e. The summed E-state index contributed by atoms with van der Waals surface area (Å²) in [5.74, 6) is -1.09. The van der Waals surface area contributed by atoms with Gasteiger partial charge in [0.1, 0.15) is 0 Å². The van der Waals surface area contributed by atoms with Crippen molar-refractivity contribution in [2.45, 2.75) is 18.9 Å². The predicted molar refractivity (Wildman–Crippen MR) is 70.1 cm³/mol. The Balaban J connectivity index is 2.31. The van der Waals surface area contributed by atoms with Crippen LogP contribution in [0.5, 0.6) is 0 Å². The molecule has 1 rings (SSSR count). The number of carbonyl (C=O) groups excluding carboxylic acids is 1. The van der Waals surface area contributed by atoms with Gasteiger partial charge in [-0.25, -0.2) is 9.59 Å². The Bertz CT molecular complexity index is 305. The average Bonchev–Trinajstić information content (AvgIpc) is 2.88. The molecule has 0 aromatic heterocycles. The topological polar surface area (TPSA) is 82.1 Å². The Kier molecular flexibility index (Phi) is 6.58. The number of likely N-dealkylation sites (N-methyl/N-ethyl adjacent to an activating group) is 1. The summed E-state index contributed by atoms with van der Waals surface area (Å²) in [4.78, 5) is 26.5. The van der Waals surface area contributed by atoms with Gasteiger partial charge in [-0.1, -0.05) is 0 Å². The third-order valence-electron chi connectivity index (χ3n) is 3.23. The van der Waals surface area contributed by atoms with Crippen LogP contribution in [0.3, 0.4) is 0 Å². The summed E-state index contributed by atoms with van der Waals surface area (Å²) in [7, 11) is 3.07. The van der Waals surface area contributed by atoms with E-state index in [1.807, 2.05) is 0 Å². The molecule has 19 heavy (non-hydrogen) atoms. The van der Waals surface area contributed by atoms with E-state index in [-0.39, 0.29) is 12.6 Å². The zero-order chi connectivity index (χ0) is 14.3. The molecule has 1 aliphatic heterocycles. The number of ether oxygens (including phenoxy) is 1. The van der Waals surface area contributed by atoms with E-state index in [1.54, 1.807) is 7.05 Å². The van der Waals surface area contributed by atoms with E-state index < -0.39 is 12.0 Å². The van der Waals surface area contributed by atoms with Crippen LogP contribution < -0.4 is 5.32 Å². The molecule has 0 aromatic rings. The number of hydrogen-bond donors (Lipinski definition) is 2. The standard InChI is InChI=1S/C12H23N3O4/c1-14(7-8-15-5-3-4-6-15)12(18)13-10(9-19-2)11(16)17/h10H,3-9H2,1-2H3,(H,13,18)(H,16,17). The number of carbonyl (C=O) groups is 2. The first kappa shape index (κ1) is 15.7. The van der Waals surface area contributed by atoms with Crippen molar-refractivity contribution >= 4 is 12.0 Å². The molecule has 7 nitrogen and oxygen atoms in total. The Morgan fingerprint density at radius 3 is 2.58 bits per heavy atom. The molecule has 0 aromatic carbocycles. The van der Waals surface area contributed by atoms with Crippen molar-refractivity contribution in [1.82, 2.24) is 15.1 Å². The van der Waals surface area contributed by atoms with E-state index in [4.69, 9.17) is 9.84 Å². The van der Waals surface area contributed by atoms with Crippen molar-refractivity contribution in [1.29, 1.82) is 0 Å². The van der Waals surface area contributed by atoms with Crippen LogP contribution in [-0.4, -0.2) is 79.9 Å². The Morgan fingerprint density at radius 1 is 1.42 bits per heavy atom. The number of aliphatic carboxylic acids is 1. The van der Waals surface area contributed by atoms with Crippen molar-refractivity contribution in [2.75, 3.05) is 46.9 Å². The zero-order valence-electron chi connectivity index (χ0n) is 11.6. The van der Waals surface area contributed by atoms with Gasteiger partial charge in [0.2, 0.25) is 0 Å². The highest BCUT2D eigenvalue weighted by atomic mass is 16.5. The molecule has 0 saturated carbocycles. The summed E-state index contributed by atoms with van der Waals surface area (Å²) in [5, 5.41) is 11.4. The molecular weight excluding hydrogens is 250 g/mol. The fourth-order valence-corrected chi connectivity index (χ4v) is 2.00. The third-order valence-corrected chi connectivity index (χ3v) is 3.23. The van der Waals surface area contributed by atoms with E-state index in [1.165, 1.54) is 24.9 Å². The highest BCUT2D eigenvalue weighted by Crippen LogP contribution is 2.06. The summed E-state index contributed by atoms with van der Waals surface area (Å²) in [6.45, 7) is 3.53. The van der Waals surface area contributed by atoms with Crippen LogP contribution in [0.4, 0.5) is 4.79 Å². The van der Waals surface area contributed by atoms with Crippen molar-refractivity contribution in [3.8, 4) is 0 Å². The average molecular weight is 273 g/mol. The van der Waals surface area contributed by atoms with Crippen LogP contribution in [0.15, 0.2) is 0 Å². The summed E-state index contributed by atoms with van der Waals surface area (Å²) >= 11 is 0. The van der Waals surface area contributed by atoms with Crippen molar-refractivity contribution in [2.24, 2.45) is 0 Å². The molecule has 1 heterocycles. The van der Waals surface area contributed by atoms with Crippen LogP contribution in [0.25, 0.3) is 0 Å². The van der Waals surface area contributed by atoms with Crippen LogP contribution in [0.2, 0.25) is 0 Å². The van der Waals surface area contributed by atoms with Crippen molar-refractivity contribution in [3.63, 3.8) is 0 Å². The van der Waals surface area contributed by atoms with Crippen LogP contribution >= 0.6 is 0 Å². The van der Waals surface area contributed by atoms with Gasteiger partial charge in [0.15, 0.2) is 6.04 Å². The maximum atomic E-state index is 11.8. The smallest absolute Gasteiger partial charge is 0.328 e. The number of carboxylic acids is 1. The molecule has 7 heteroatoms. The van der Waals surface area contributed by atoms with Crippen molar-refractivity contribution < 1.29 is 19.4 Å². The van der Waals surface area contributed by atoms with Gasteiger partial charge in [0.05, 0.1) is 6.61 Å². The summed E-state index contributed by atoms with van der Waals surface area (Å²) in [6.07, 6.45) is 2.43. The first-order valence-corrected chi connectivity index (χ1v) is 6.50. The van der Waals surface area contributed by atoms with Crippen LogP contribution in [-0.2, 0) is 9.53 Å². The van der Waals surface area contributed by atoms with E-state index in [0.29, 0.717) is 6.54 Å². The fourth-order valence-electron chi connectivity index (χ4n) is 2.00. The lowest BCUT2D eigenvalue weighted by Gasteiger charge is -2.23. The number of urea groups is 1. The van der Waals surface area contributed by atoms with Gasteiger partial charge in [0.25, 0.3) is 0 Å². The Hall–Kier alpha value is -1.34. The van der Waals surface area contributed by atoms with E-state index >= 15 is 0 Å². The number of nitrogens with zero attached hydrogens (tertiary/aromatic N) is 2. The first-order valence-electron chi connectivity index (χ1n) is 6.50. The third kappa shape index (κ3) is 5.44. The molecule has 1 unspecified atom stereocenters. The van der Waals surface area contributed by atoms with Crippen molar-refractivity contribution in [3.05, 3.63) is 0 Å². The van der Waals surface area contributed by atoms with E-state index in [9.17, 15) is 9.59 Å². The second-order valence-corrected chi connectivity index (χ2v) is 4.77. The predicted octanol–water partition coefficient (Wildman–Crippen LogP) is -0.177. The minimum absolute atomic E-state index is 0.0406. The summed E-state index contributed by atoms with van der Waals surface area (Å²) in [6, 6.07) is -1.39. The number of carboxylic acid groups (broad SMARTS) is 1. The number of rotatable bonds is 7. The number of amides is 2. The molecule has 1 saturated heterocycles. The van der Waals surface area contributed by atoms with Gasteiger partial charge >= 0.3 is 12.0 Å². The highest BCUT2D eigenvalue weighted by Gasteiger charge is 2.22. The lowest BCUT2D eigenvalue weighted by molar-refractivity contribution is -0.140. The Morgan fingerprint density at radius 2 is 2.05 bits per heavy atom. The number of likely N-dealkylation sites (tertiary alicyclic amines) is 1. The van der Waals surface area contributed by atoms with Gasteiger partial charge in [-0.05, 0) is 25.9 Å². The highest BCUT2D eigenvalue weighted by molar-refractivity contribution is 5.82. The Labute approximate surface area is 113 Å². The fraction of sp³-hybridized carbons (Fsp3) is 0.833. The zero-order valence-corrected chi connectivity index (χ0v) is 11.6. The minimum atomic E-state index is -1.09. The molecule has 1 atom stereocenters. The lowest BCUT2D eigenvalue weighted by atomic mass is 10.3. The van der Waals surface area contributed by atoms with E-state index in [0.717, 1.165) is 19.6 Å². The number of hydrogen-bond acceptors (Lipinski definition) is 4. The molecule has 1 aliphatic rings. The molecule has 0 radical (unpaired) electrons. The number of methoxy groups -OCH3 is 1. The minimum Gasteiger partial charge on any atom is -0.480 e. The molecule has 2 N–H and O–H groups in total. The molecule has 0 bridgehead atoms. The van der Waals surface area contributed by atoms with Crippen LogP contribution in [0.1, 0.15) is 12.8 Å². The van der Waals surface area contributed by atoms with Gasteiger partial charge in [-0.2, -0.15) is 0 Å². The maximum Gasteiger partial charge on any atom is 0.328 e. The molecule has 110 valence electrons. The summed E-state index contributed by atoms with van der Waals surface area (Å²) < 4.78 is 4.76. The normalized spacial score (nSPS) is 17.2. The van der Waals surface area contributed by atoms with Crippen LogP contribution in [0, 0.1) is 0 Å². The van der Waals surface area contributed by atoms with Gasteiger partial charge < -0.3 is 25.0 Å². The first-order chi connectivity index (χ1) is 9.04. The van der Waals surface area contributed by atoms with Gasteiger partial charge in [-0.15, -0.1) is 0 Å². The molecule has 1 fully saturated rings. The lowest BCUT2D eigenvalue weighted by Crippen LogP contribution is -2.49. The SMILES string of the molecule is COCC(NC(=O)N(C)CCN1CCCC1)C(=O)O. The molecule has 0 spiro atoms. The second-order valence-electron chi connectivity index (χ2n) is 4.77. The monoisotopic (exact) mass is 273 g/mol. The van der Waals surface area contributed by atoms with Gasteiger partial charge in [0, 0.05) is 27.2 Å². The summed E-state index contributed by atoms with van der Waals surface area (Å²) in [5.41, 5.74) is 0. The molecular formula is C12H23N3O4. The maximum absolute atomic E-state index is 11.8. The van der Waals surface area contributed by atoms with E-state index in [2.05, 4.69) is 10.2 Å². The molecule has 0 aliphatic carbocycles. The van der Waals surface area contributed by atoms with Gasteiger partial charge in [-0.3, -0.25) is 0 Å².